The van der Waals surface area contributed by atoms with Gasteiger partial charge in [-0.1, -0.05) is 19.6 Å². The Balaban J connectivity index is 1.54. The fourth-order valence-electron chi connectivity index (χ4n) is 5.00. The first-order chi connectivity index (χ1) is 21.3. The minimum atomic E-state index is -2.98. The molecule has 11 nitrogen and oxygen atoms in total. The van der Waals surface area contributed by atoms with Gasteiger partial charge in [-0.15, -0.1) is 0 Å². The zero-order valence-electron chi connectivity index (χ0n) is 26.7. The summed E-state index contributed by atoms with van der Waals surface area (Å²) in [5, 5.41) is 8.39. The van der Waals surface area contributed by atoms with Gasteiger partial charge in [0, 0.05) is 44.8 Å². The largest absolute Gasteiger partial charge is 0.435 e. The number of rotatable bonds is 12. The van der Waals surface area contributed by atoms with Crippen molar-refractivity contribution in [3.05, 3.63) is 36.2 Å². The number of nitrogens with zero attached hydrogens (tertiary/aromatic N) is 5. The standard InChI is InChI=1S/C31H42F2N6O5Si/c1-31(2,3)36-29(40)22-18-38(19-41-14-15-45(4,5)6)28-27(22)35-23(17-34-28)26-21-16-20(44-30(32)33)8-9-24(21)39(37-26)11-10-25-42-12-7-13-43-25/h8-9,16-18,25,30H,7,10-15,19H2,1-6H3,(H,36,40). The summed E-state index contributed by atoms with van der Waals surface area (Å²) in [6.07, 6.45) is 4.33. The van der Waals surface area contributed by atoms with Crippen molar-refractivity contribution < 1.29 is 32.5 Å². The number of fused-ring (bicyclic) bond motifs is 2. The van der Waals surface area contributed by atoms with Gasteiger partial charge in [-0.3, -0.25) is 9.48 Å². The molecule has 244 valence electrons. The Kier molecular flexibility index (Phi) is 9.87. The molecule has 0 bridgehead atoms. The first-order valence-corrected chi connectivity index (χ1v) is 18.9. The molecule has 14 heteroatoms. The SMILES string of the molecule is CC(C)(C)NC(=O)c1cn(COCC[Si](C)(C)C)c2ncc(-c3nn(CCC4OCCCO4)c4ccc(OC(F)F)cc34)nc12. The van der Waals surface area contributed by atoms with Crippen LogP contribution in [-0.4, -0.2) is 76.6 Å². The van der Waals surface area contributed by atoms with Crippen LogP contribution in [0.2, 0.25) is 25.7 Å². The molecule has 0 radical (unpaired) electrons. The van der Waals surface area contributed by atoms with E-state index in [4.69, 9.17) is 34.0 Å². The summed E-state index contributed by atoms with van der Waals surface area (Å²) in [6.45, 7) is 12.1. The highest BCUT2D eigenvalue weighted by Gasteiger charge is 2.24. The lowest BCUT2D eigenvalue weighted by Gasteiger charge is -2.23. The molecule has 0 aliphatic carbocycles. The van der Waals surface area contributed by atoms with Gasteiger partial charge in [0.1, 0.15) is 29.4 Å². The number of carbonyl (C=O) groups excluding carboxylic acids is 1. The van der Waals surface area contributed by atoms with Crippen molar-refractivity contribution in [3.63, 3.8) is 0 Å². The van der Waals surface area contributed by atoms with Crippen LogP contribution in [0.1, 0.15) is 44.0 Å². The number of carbonyl (C=O) groups is 1. The third kappa shape index (κ3) is 8.42. The van der Waals surface area contributed by atoms with Gasteiger partial charge in [-0.2, -0.15) is 13.9 Å². The maximum atomic E-state index is 13.4. The molecule has 4 heterocycles. The molecule has 4 aromatic rings. The van der Waals surface area contributed by atoms with Crippen LogP contribution in [0.25, 0.3) is 33.5 Å². The van der Waals surface area contributed by atoms with E-state index in [-0.39, 0.29) is 24.7 Å². The van der Waals surface area contributed by atoms with Crippen LogP contribution in [0.4, 0.5) is 8.78 Å². The summed E-state index contributed by atoms with van der Waals surface area (Å²) in [7, 11) is -1.28. The number of nitrogens with one attached hydrogen (secondary N) is 1. The molecule has 1 fully saturated rings. The average Bonchev–Trinajstić information content (AvgIpc) is 3.51. The van der Waals surface area contributed by atoms with Gasteiger partial charge in [0.05, 0.1) is 30.5 Å². The Hall–Kier alpha value is -3.46. The van der Waals surface area contributed by atoms with E-state index >= 15 is 0 Å². The molecule has 1 N–H and O–H groups in total. The molecule has 1 saturated heterocycles. The van der Waals surface area contributed by atoms with E-state index in [2.05, 4.69) is 25.0 Å². The van der Waals surface area contributed by atoms with Gasteiger partial charge >= 0.3 is 6.61 Å². The van der Waals surface area contributed by atoms with Gasteiger partial charge < -0.3 is 28.8 Å². The van der Waals surface area contributed by atoms with Crippen LogP contribution in [0.15, 0.2) is 30.6 Å². The third-order valence-electron chi connectivity index (χ3n) is 7.19. The van der Waals surface area contributed by atoms with Crippen molar-refractivity contribution in [1.29, 1.82) is 0 Å². The Morgan fingerprint density at radius 3 is 2.64 bits per heavy atom. The lowest BCUT2D eigenvalue weighted by atomic mass is 10.1. The number of aryl methyl sites for hydroxylation is 1. The molecule has 1 aromatic carbocycles. The molecule has 0 spiro atoms. The van der Waals surface area contributed by atoms with Gasteiger partial charge in [0.15, 0.2) is 11.9 Å². The topological polar surface area (TPSA) is 115 Å². The summed E-state index contributed by atoms with van der Waals surface area (Å²) < 4.78 is 51.9. The number of alkyl halides is 2. The van der Waals surface area contributed by atoms with Crippen molar-refractivity contribution in [2.45, 2.75) is 91.0 Å². The number of amides is 1. The summed E-state index contributed by atoms with van der Waals surface area (Å²) in [5.74, 6) is -0.298. The highest BCUT2D eigenvalue weighted by atomic mass is 28.3. The molecule has 3 aromatic heterocycles. The Bertz CT molecular complexity index is 1640. The van der Waals surface area contributed by atoms with E-state index in [1.807, 2.05) is 20.8 Å². The zero-order valence-corrected chi connectivity index (χ0v) is 27.7. The maximum absolute atomic E-state index is 13.4. The van der Waals surface area contributed by atoms with Gasteiger partial charge in [-0.25, -0.2) is 9.97 Å². The Labute approximate surface area is 262 Å². The molecule has 5 rings (SSSR count). The van der Waals surface area contributed by atoms with E-state index in [0.29, 0.717) is 71.8 Å². The van der Waals surface area contributed by atoms with E-state index < -0.39 is 20.2 Å². The number of hydrogen-bond acceptors (Lipinski definition) is 8. The maximum Gasteiger partial charge on any atom is 0.387 e. The molecular formula is C31H42F2N6O5Si. The highest BCUT2D eigenvalue weighted by molar-refractivity contribution is 6.76. The van der Waals surface area contributed by atoms with E-state index in [0.717, 1.165) is 12.5 Å². The lowest BCUT2D eigenvalue weighted by Crippen LogP contribution is -2.40. The summed E-state index contributed by atoms with van der Waals surface area (Å²) in [6, 6.07) is 5.70. The zero-order chi connectivity index (χ0) is 32.4. The van der Waals surface area contributed by atoms with Crippen molar-refractivity contribution in [3.8, 4) is 17.1 Å². The van der Waals surface area contributed by atoms with Gasteiger partial charge in [-0.05, 0) is 51.4 Å². The number of hydrogen-bond donors (Lipinski definition) is 1. The van der Waals surface area contributed by atoms with Crippen LogP contribution in [0.3, 0.4) is 0 Å². The minimum Gasteiger partial charge on any atom is -0.435 e. The minimum absolute atomic E-state index is 0.00171. The van der Waals surface area contributed by atoms with Crippen molar-refractivity contribution in [2.75, 3.05) is 19.8 Å². The molecule has 1 aliphatic heterocycles. The number of halogens is 2. The molecule has 1 aliphatic rings. The first kappa shape index (κ1) is 32.9. The quantitative estimate of drug-likeness (QED) is 0.147. The number of aromatic nitrogens is 5. The van der Waals surface area contributed by atoms with Crippen LogP contribution in [0.5, 0.6) is 5.75 Å². The number of benzene rings is 1. The second-order valence-electron chi connectivity index (χ2n) is 13.4. The fourth-order valence-corrected chi connectivity index (χ4v) is 5.76. The van der Waals surface area contributed by atoms with Gasteiger partial charge in [0.2, 0.25) is 0 Å². The van der Waals surface area contributed by atoms with Crippen LogP contribution < -0.4 is 10.1 Å². The van der Waals surface area contributed by atoms with Crippen LogP contribution >= 0.6 is 0 Å². The summed E-state index contributed by atoms with van der Waals surface area (Å²) in [4.78, 5) is 23.0. The Morgan fingerprint density at radius 2 is 1.96 bits per heavy atom. The van der Waals surface area contributed by atoms with Crippen molar-refractivity contribution in [1.82, 2.24) is 29.6 Å². The fraction of sp³-hybridized carbons (Fsp3) is 0.548. The molecule has 1 amide bonds. The predicted molar refractivity (Wildman–Crippen MR) is 169 cm³/mol. The third-order valence-corrected chi connectivity index (χ3v) is 8.89. The lowest BCUT2D eigenvalue weighted by molar-refractivity contribution is -0.182. The monoisotopic (exact) mass is 644 g/mol. The highest BCUT2D eigenvalue weighted by Crippen LogP contribution is 2.32. The predicted octanol–water partition coefficient (Wildman–Crippen LogP) is 6.04. The molecular weight excluding hydrogens is 602 g/mol. The molecule has 0 unspecified atom stereocenters. The van der Waals surface area contributed by atoms with Crippen molar-refractivity contribution in [2.24, 2.45) is 0 Å². The van der Waals surface area contributed by atoms with E-state index in [9.17, 15) is 13.6 Å². The van der Waals surface area contributed by atoms with Gasteiger partial charge in [0.25, 0.3) is 5.91 Å². The normalized spacial score (nSPS) is 15.0. The molecule has 0 saturated carbocycles. The van der Waals surface area contributed by atoms with Crippen LogP contribution in [0, 0.1) is 0 Å². The van der Waals surface area contributed by atoms with Crippen LogP contribution in [-0.2, 0) is 27.5 Å². The molecule has 45 heavy (non-hydrogen) atoms. The summed E-state index contributed by atoms with van der Waals surface area (Å²) in [5.41, 5.74) is 2.24. The smallest absolute Gasteiger partial charge is 0.387 e. The first-order valence-electron chi connectivity index (χ1n) is 15.2. The van der Waals surface area contributed by atoms with Crippen molar-refractivity contribution >= 4 is 36.0 Å². The average molecular weight is 645 g/mol. The number of ether oxygens (including phenoxy) is 4. The second-order valence-corrected chi connectivity index (χ2v) is 19.1. The second kappa shape index (κ2) is 13.5. The molecule has 0 atom stereocenters. The summed E-state index contributed by atoms with van der Waals surface area (Å²) >= 11 is 0. The Morgan fingerprint density at radius 1 is 1.20 bits per heavy atom. The van der Waals surface area contributed by atoms with E-state index in [1.54, 1.807) is 27.7 Å². The van der Waals surface area contributed by atoms with E-state index in [1.165, 1.54) is 12.1 Å².